The lowest BCUT2D eigenvalue weighted by molar-refractivity contribution is 0.562. The number of piperazine rings is 1. The third-order valence-electron chi connectivity index (χ3n) is 4.61. The highest BCUT2D eigenvalue weighted by molar-refractivity contribution is 9.10. The minimum atomic E-state index is 0.0148. The van der Waals surface area contributed by atoms with Crippen molar-refractivity contribution in [1.29, 1.82) is 0 Å². The first-order valence-electron chi connectivity index (χ1n) is 8.74. The maximum atomic E-state index is 4.73. The zero-order valence-electron chi connectivity index (χ0n) is 15.2. The minimum absolute atomic E-state index is 0.0148. The van der Waals surface area contributed by atoms with Crippen LogP contribution >= 0.6 is 15.9 Å². The van der Waals surface area contributed by atoms with Crippen LogP contribution in [-0.4, -0.2) is 50.7 Å². The molecule has 4 rings (SSSR count). The Bertz CT molecular complexity index is 905. The summed E-state index contributed by atoms with van der Waals surface area (Å²) in [7, 11) is 0. The molecule has 0 radical (unpaired) electrons. The molecule has 7 nitrogen and oxygen atoms in total. The lowest BCUT2D eigenvalue weighted by Crippen LogP contribution is -2.47. The van der Waals surface area contributed by atoms with Crippen LogP contribution in [0, 0.1) is 0 Å². The fourth-order valence-electron chi connectivity index (χ4n) is 3.11. The second-order valence-corrected chi connectivity index (χ2v) is 8.45. The van der Waals surface area contributed by atoms with E-state index < -0.39 is 0 Å². The van der Waals surface area contributed by atoms with Crippen molar-refractivity contribution in [2.24, 2.45) is 0 Å². The number of hydrogen-bond acceptors (Lipinski definition) is 6. The highest BCUT2D eigenvalue weighted by Crippen LogP contribution is 2.27. The Kier molecular flexibility index (Phi) is 4.30. The van der Waals surface area contributed by atoms with Crippen molar-refractivity contribution in [1.82, 2.24) is 24.6 Å². The van der Waals surface area contributed by atoms with E-state index in [0.717, 1.165) is 53.6 Å². The van der Waals surface area contributed by atoms with Gasteiger partial charge in [-0.25, -0.2) is 19.5 Å². The molecular formula is C18H22BrN7. The van der Waals surface area contributed by atoms with E-state index in [1.807, 2.05) is 16.9 Å². The summed E-state index contributed by atoms with van der Waals surface area (Å²) in [5, 5.41) is 4.73. The summed E-state index contributed by atoms with van der Waals surface area (Å²) < 4.78 is 2.83. The molecule has 136 valence electrons. The van der Waals surface area contributed by atoms with Gasteiger partial charge < -0.3 is 9.80 Å². The van der Waals surface area contributed by atoms with Crippen LogP contribution in [0.4, 0.5) is 11.8 Å². The van der Waals surface area contributed by atoms with E-state index in [4.69, 9.17) is 5.10 Å². The summed E-state index contributed by atoms with van der Waals surface area (Å²) in [6, 6.07) is 2.16. The molecule has 3 aromatic rings. The maximum absolute atomic E-state index is 4.73. The van der Waals surface area contributed by atoms with Gasteiger partial charge in [0.2, 0.25) is 5.95 Å². The Hall–Kier alpha value is -2.22. The molecule has 0 unspecified atom stereocenters. The van der Waals surface area contributed by atoms with Crippen LogP contribution in [0.25, 0.3) is 5.52 Å². The van der Waals surface area contributed by atoms with E-state index in [1.54, 1.807) is 12.4 Å². The first kappa shape index (κ1) is 17.2. The molecule has 0 saturated carbocycles. The summed E-state index contributed by atoms with van der Waals surface area (Å²) >= 11 is 3.38. The minimum Gasteiger partial charge on any atom is -0.351 e. The summed E-state index contributed by atoms with van der Waals surface area (Å²) in [5.41, 5.74) is 2.15. The molecule has 1 aliphatic heterocycles. The summed E-state index contributed by atoms with van der Waals surface area (Å²) in [6.07, 6.45) is 7.32. The normalized spacial score (nSPS) is 15.7. The van der Waals surface area contributed by atoms with Crippen LogP contribution < -0.4 is 9.80 Å². The van der Waals surface area contributed by atoms with E-state index in [0.29, 0.717) is 0 Å². The number of aromatic nitrogens is 5. The molecule has 0 aromatic carbocycles. The third-order valence-corrected chi connectivity index (χ3v) is 5.02. The molecular weight excluding hydrogens is 394 g/mol. The monoisotopic (exact) mass is 415 g/mol. The van der Waals surface area contributed by atoms with E-state index in [2.05, 4.69) is 67.5 Å². The second kappa shape index (κ2) is 6.50. The van der Waals surface area contributed by atoms with E-state index in [9.17, 15) is 0 Å². The molecule has 3 aromatic heterocycles. The summed E-state index contributed by atoms with van der Waals surface area (Å²) in [6.45, 7) is 10.0. The Morgan fingerprint density at radius 2 is 1.62 bits per heavy atom. The average Bonchev–Trinajstić information content (AvgIpc) is 3.07. The predicted molar refractivity (Wildman–Crippen MR) is 106 cm³/mol. The molecule has 0 bridgehead atoms. The molecule has 0 atom stereocenters. The summed E-state index contributed by atoms with van der Waals surface area (Å²) in [4.78, 5) is 18.0. The number of nitrogens with zero attached hydrogens (tertiary/aromatic N) is 7. The van der Waals surface area contributed by atoms with Gasteiger partial charge in [0.05, 0.1) is 10.2 Å². The van der Waals surface area contributed by atoms with Crippen LogP contribution in [0.1, 0.15) is 26.5 Å². The lowest BCUT2D eigenvalue weighted by atomic mass is 9.92. The van der Waals surface area contributed by atoms with Gasteiger partial charge in [0.25, 0.3) is 0 Å². The topological polar surface area (TPSA) is 62.5 Å². The SMILES string of the molecule is CC(C)(C)c1cc2c(N3CCN(c4ncc(Br)cn4)CC3)nccn2n1. The van der Waals surface area contributed by atoms with Gasteiger partial charge in [-0.05, 0) is 22.0 Å². The Labute approximate surface area is 161 Å². The smallest absolute Gasteiger partial charge is 0.225 e. The lowest BCUT2D eigenvalue weighted by Gasteiger charge is -2.35. The van der Waals surface area contributed by atoms with E-state index in [1.165, 1.54) is 0 Å². The van der Waals surface area contributed by atoms with Crippen LogP contribution in [0.15, 0.2) is 35.3 Å². The number of halogens is 1. The van der Waals surface area contributed by atoms with Crippen molar-refractivity contribution >= 4 is 33.2 Å². The largest absolute Gasteiger partial charge is 0.351 e. The quantitative estimate of drug-likeness (QED) is 0.640. The van der Waals surface area contributed by atoms with Gasteiger partial charge in [0.1, 0.15) is 5.52 Å². The number of anilines is 2. The molecule has 1 saturated heterocycles. The van der Waals surface area contributed by atoms with Crippen molar-refractivity contribution in [3.63, 3.8) is 0 Å². The molecule has 0 amide bonds. The van der Waals surface area contributed by atoms with Crippen molar-refractivity contribution < 1.29 is 0 Å². The van der Waals surface area contributed by atoms with Gasteiger partial charge in [-0.15, -0.1) is 0 Å². The maximum Gasteiger partial charge on any atom is 0.225 e. The Morgan fingerprint density at radius 1 is 0.962 bits per heavy atom. The second-order valence-electron chi connectivity index (χ2n) is 7.54. The fourth-order valence-corrected chi connectivity index (χ4v) is 3.31. The highest BCUT2D eigenvalue weighted by Gasteiger charge is 2.24. The third kappa shape index (κ3) is 3.25. The predicted octanol–water partition coefficient (Wildman–Crippen LogP) is 2.91. The van der Waals surface area contributed by atoms with Crippen molar-refractivity contribution in [3.8, 4) is 0 Å². The standard InChI is InChI=1S/C18H22BrN7/c1-18(2,3)15-10-14-16(20-4-5-26(14)23-15)24-6-8-25(9-7-24)17-21-11-13(19)12-22-17/h4-5,10-12H,6-9H2,1-3H3. The van der Waals surface area contributed by atoms with Gasteiger partial charge in [-0.1, -0.05) is 20.8 Å². The van der Waals surface area contributed by atoms with E-state index in [-0.39, 0.29) is 5.41 Å². The van der Waals surface area contributed by atoms with Crippen LogP contribution in [0.5, 0.6) is 0 Å². The van der Waals surface area contributed by atoms with Crippen molar-refractivity contribution in [2.75, 3.05) is 36.0 Å². The first-order valence-corrected chi connectivity index (χ1v) is 9.53. The van der Waals surface area contributed by atoms with Gasteiger partial charge in [0.15, 0.2) is 5.82 Å². The molecule has 26 heavy (non-hydrogen) atoms. The molecule has 8 heteroatoms. The zero-order chi connectivity index (χ0) is 18.3. The molecule has 1 fully saturated rings. The van der Waals surface area contributed by atoms with Gasteiger partial charge in [-0.2, -0.15) is 5.10 Å². The van der Waals surface area contributed by atoms with Crippen molar-refractivity contribution in [3.05, 3.63) is 41.0 Å². The van der Waals surface area contributed by atoms with Crippen LogP contribution in [-0.2, 0) is 5.41 Å². The Balaban J connectivity index is 1.56. The molecule has 1 aliphatic rings. The van der Waals surface area contributed by atoms with Gasteiger partial charge in [-0.3, -0.25) is 0 Å². The molecule has 0 aliphatic carbocycles. The number of rotatable bonds is 2. The van der Waals surface area contributed by atoms with Crippen molar-refractivity contribution in [2.45, 2.75) is 26.2 Å². The molecule has 0 N–H and O–H groups in total. The molecule has 4 heterocycles. The average molecular weight is 416 g/mol. The van der Waals surface area contributed by atoms with E-state index >= 15 is 0 Å². The highest BCUT2D eigenvalue weighted by atomic mass is 79.9. The number of hydrogen-bond donors (Lipinski definition) is 0. The summed E-state index contributed by atoms with van der Waals surface area (Å²) in [5.74, 6) is 1.77. The number of fused-ring (bicyclic) bond motifs is 1. The fraction of sp³-hybridized carbons (Fsp3) is 0.444. The first-order chi connectivity index (χ1) is 12.4. The zero-order valence-corrected chi connectivity index (χ0v) is 16.8. The molecule has 0 spiro atoms. The Morgan fingerprint density at radius 3 is 2.27 bits per heavy atom. The van der Waals surface area contributed by atoms with Crippen LogP contribution in [0.2, 0.25) is 0 Å². The van der Waals surface area contributed by atoms with Crippen LogP contribution in [0.3, 0.4) is 0 Å². The van der Waals surface area contributed by atoms with Gasteiger partial charge in [0, 0.05) is 56.4 Å². The van der Waals surface area contributed by atoms with Gasteiger partial charge >= 0.3 is 0 Å².